The minimum absolute atomic E-state index is 0.840. The zero-order valence-corrected chi connectivity index (χ0v) is 56.5. The van der Waals surface area contributed by atoms with Gasteiger partial charge in [-0.3, -0.25) is 0 Å². The zero-order chi connectivity index (χ0) is 68.3. The fraction of sp³-hybridized carbons (Fsp3) is 0. The highest BCUT2D eigenvalue weighted by Gasteiger charge is 2.23. The molecule has 2 N–H and O–H groups in total. The highest BCUT2D eigenvalue weighted by Crippen LogP contribution is 2.46. The van der Waals surface area contributed by atoms with E-state index in [1.165, 1.54) is 108 Å². The smallest absolute Gasteiger partial charge is 0.0737 e. The zero-order valence-electron chi connectivity index (χ0n) is 56.5. The Kier molecular flexibility index (Phi) is 13.6. The summed E-state index contributed by atoms with van der Waals surface area (Å²) in [6.07, 6.45) is 8.88. The van der Waals surface area contributed by atoms with E-state index in [1.54, 1.807) is 0 Å². The van der Waals surface area contributed by atoms with Crippen LogP contribution in [0.5, 0.6) is 0 Å². The normalized spacial score (nSPS) is 12.2. The van der Waals surface area contributed by atoms with E-state index in [4.69, 9.17) is 9.97 Å². The van der Waals surface area contributed by atoms with Crippen LogP contribution >= 0.6 is 0 Å². The van der Waals surface area contributed by atoms with Gasteiger partial charge in [-0.1, -0.05) is 267 Å². The summed E-state index contributed by atoms with van der Waals surface area (Å²) in [4.78, 5) is 20.1. The first-order valence-corrected chi connectivity index (χ1v) is 35.8. The second-order valence-corrected chi connectivity index (χ2v) is 27.6. The number of aromatic nitrogens is 4. The van der Waals surface area contributed by atoms with Gasteiger partial charge in [0.15, 0.2) is 0 Å². The molecular weight excluding hydrogens is 1260 g/mol. The van der Waals surface area contributed by atoms with Gasteiger partial charge in [0.05, 0.1) is 22.8 Å². The summed E-state index contributed by atoms with van der Waals surface area (Å²) in [5.74, 6) is 0. The molecule has 2 aliphatic rings. The van der Waals surface area contributed by atoms with E-state index in [0.29, 0.717) is 0 Å². The number of hydrogen-bond acceptors (Lipinski definition) is 2. The SMILES string of the molecule is C1=Cc2nc1c(-c1cccc(-c3cc4ccccc4c4ccccc34)c1)c1ccc([nH]1)c(-c1cccc(-c3cc4ccccc4c4ccccc34)c1)c1nc(c(-c3cccc(-c4cc5ccccc5c5ccccc45)c3)c3ccc([nH]3)c2-c2cccc(-c3cc4ccccc4c4ccccc34)c2)C=C1. The van der Waals surface area contributed by atoms with E-state index in [0.717, 1.165) is 112 Å². The lowest BCUT2D eigenvalue weighted by Gasteiger charge is -2.13. The van der Waals surface area contributed by atoms with Crippen molar-refractivity contribution in [2.24, 2.45) is 0 Å². The van der Waals surface area contributed by atoms with Crippen LogP contribution in [0.4, 0.5) is 0 Å². The lowest BCUT2D eigenvalue weighted by molar-refractivity contribution is 1.31. The Morgan fingerprint density at radius 2 is 0.365 bits per heavy atom. The topological polar surface area (TPSA) is 57.4 Å². The molecule has 0 radical (unpaired) electrons. The van der Waals surface area contributed by atoms with Gasteiger partial charge in [-0.25, -0.2) is 9.97 Å². The number of rotatable bonds is 8. The summed E-state index contributed by atoms with van der Waals surface area (Å²) in [6, 6.07) is 125. The molecule has 0 atom stereocenters. The van der Waals surface area contributed by atoms with Gasteiger partial charge in [-0.05, 0) is 250 Å². The maximum absolute atomic E-state index is 5.92. The second kappa shape index (κ2) is 24.0. The van der Waals surface area contributed by atoms with Crippen LogP contribution in [0.3, 0.4) is 0 Å². The first-order valence-electron chi connectivity index (χ1n) is 35.8. The van der Waals surface area contributed by atoms with Crippen molar-refractivity contribution < 1.29 is 0 Å². The number of fused-ring (bicyclic) bond motifs is 20. The van der Waals surface area contributed by atoms with E-state index in [-0.39, 0.29) is 0 Å². The largest absolute Gasteiger partial charge is 0.354 e. The molecule has 19 aromatic rings. The van der Waals surface area contributed by atoms with Crippen LogP contribution < -0.4 is 0 Å². The highest BCUT2D eigenvalue weighted by atomic mass is 14.8. The molecule has 0 unspecified atom stereocenters. The monoisotopic (exact) mass is 1320 g/mol. The molecule has 0 amide bonds. The van der Waals surface area contributed by atoms with Gasteiger partial charge in [0, 0.05) is 44.3 Å². The summed E-state index contributed by atoms with van der Waals surface area (Å²) >= 11 is 0. The van der Waals surface area contributed by atoms with Crippen LogP contribution in [0.2, 0.25) is 0 Å². The third-order valence-electron chi connectivity index (χ3n) is 21.7. The molecule has 0 aliphatic carbocycles. The highest BCUT2D eigenvalue weighted by molar-refractivity contribution is 6.18. The van der Waals surface area contributed by atoms with Gasteiger partial charge in [-0.15, -0.1) is 0 Å². The number of nitrogens with zero attached hydrogens (tertiary/aromatic N) is 2. The van der Waals surface area contributed by atoms with E-state index >= 15 is 0 Å². The van der Waals surface area contributed by atoms with Crippen molar-refractivity contribution in [3.05, 3.63) is 362 Å². The van der Waals surface area contributed by atoms with Crippen molar-refractivity contribution in [2.45, 2.75) is 0 Å². The molecule has 8 bridgehead atoms. The maximum atomic E-state index is 5.92. The summed E-state index contributed by atoms with van der Waals surface area (Å²) in [7, 11) is 0. The molecule has 2 aliphatic heterocycles. The molecular formula is C100H62N4. The lowest BCUT2D eigenvalue weighted by atomic mass is 9.91. The molecule has 16 aromatic carbocycles. The number of aromatic amines is 2. The maximum Gasteiger partial charge on any atom is 0.0737 e. The Bertz CT molecular complexity index is 6280. The van der Waals surface area contributed by atoms with Gasteiger partial charge in [-0.2, -0.15) is 0 Å². The number of hydrogen-bond donors (Lipinski definition) is 2. The molecule has 0 saturated heterocycles. The first kappa shape index (κ1) is 59.1. The minimum Gasteiger partial charge on any atom is -0.354 e. The standard InChI is InChI=1S/C100H62N4/c1-5-33-73-65(21-1)57-85(81-41-13-9-37-77(73)81)61-25-17-29-69(53-61)97-89-45-47-91(101-89)98(70-30-18-26-62(54-70)86-58-66-22-2-6-34-74(66)78-38-10-14-42-82(78)86)93-49-51-95(103-93)100(72-32-20-28-64(56-72)88-60-68-24-4-8-36-76(68)80-40-12-16-44-84(80)88)96-52-50-94(104-96)99(92-48-46-90(97)102-92)71-31-19-27-63(55-71)87-59-67-23-3-7-35-75(67)79-39-11-15-43-83(79)87/h1-60,101,104H. The van der Waals surface area contributed by atoms with Gasteiger partial charge >= 0.3 is 0 Å². The van der Waals surface area contributed by atoms with Crippen LogP contribution in [-0.2, 0) is 0 Å². The molecule has 0 fully saturated rings. The van der Waals surface area contributed by atoms with Crippen molar-refractivity contribution in [1.82, 2.24) is 19.9 Å². The summed E-state index contributed by atoms with van der Waals surface area (Å²) < 4.78 is 0. The fourth-order valence-electron chi connectivity index (χ4n) is 17.0. The molecule has 104 heavy (non-hydrogen) atoms. The number of benzene rings is 16. The number of nitrogens with one attached hydrogen (secondary N) is 2. The van der Waals surface area contributed by atoms with Gasteiger partial charge < -0.3 is 9.97 Å². The van der Waals surface area contributed by atoms with Gasteiger partial charge in [0.1, 0.15) is 0 Å². The summed E-state index contributed by atoms with van der Waals surface area (Å²) in [5.41, 5.74) is 24.3. The van der Waals surface area contributed by atoms with Gasteiger partial charge in [0.2, 0.25) is 0 Å². The van der Waals surface area contributed by atoms with E-state index < -0.39 is 0 Å². The Hall–Kier alpha value is -13.8. The Morgan fingerprint density at radius 3 is 0.606 bits per heavy atom. The Labute approximate surface area is 600 Å². The molecule has 4 heteroatoms. The van der Waals surface area contributed by atoms with E-state index in [1.807, 2.05) is 0 Å². The molecule has 482 valence electrons. The Balaban J connectivity index is 0.856. The van der Waals surface area contributed by atoms with Crippen LogP contribution in [0.1, 0.15) is 22.8 Å². The number of H-pyrrole nitrogens is 2. The Morgan fingerprint density at radius 1 is 0.163 bits per heavy atom. The van der Waals surface area contributed by atoms with Crippen LogP contribution in [0.15, 0.2) is 340 Å². The van der Waals surface area contributed by atoms with Crippen molar-refractivity contribution in [1.29, 1.82) is 0 Å². The van der Waals surface area contributed by atoms with Crippen molar-refractivity contribution in [3.63, 3.8) is 0 Å². The predicted molar refractivity (Wildman–Crippen MR) is 442 cm³/mol. The third kappa shape index (κ3) is 9.76. The van der Waals surface area contributed by atoms with Gasteiger partial charge in [0.25, 0.3) is 0 Å². The lowest BCUT2D eigenvalue weighted by Crippen LogP contribution is -1.91. The second-order valence-electron chi connectivity index (χ2n) is 27.6. The van der Waals surface area contributed by atoms with Crippen LogP contribution in [-0.4, -0.2) is 19.9 Å². The average Bonchev–Trinajstić information content (AvgIpc) is 1.47. The van der Waals surface area contributed by atoms with Crippen molar-refractivity contribution in [3.8, 4) is 89.0 Å². The van der Waals surface area contributed by atoms with Crippen molar-refractivity contribution in [2.75, 3.05) is 0 Å². The molecule has 4 nitrogen and oxygen atoms in total. The summed E-state index contributed by atoms with van der Waals surface area (Å²) in [5, 5.41) is 19.5. The van der Waals surface area contributed by atoms with Crippen molar-refractivity contribution >= 4 is 133 Å². The van der Waals surface area contributed by atoms with Crippen LogP contribution in [0, 0.1) is 0 Å². The first-order chi connectivity index (χ1) is 51.5. The minimum atomic E-state index is 0.840. The fourth-order valence-corrected chi connectivity index (χ4v) is 17.0. The van der Waals surface area contributed by atoms with Crippen LogP contribution in [0.25, 0.3) is 222 Å². The molecule has 21 rings (SSSR count). The molecule has 0 spiro atoms. The van der Waals surface area contributed by atoms with E-state index in [2.05, 4.69) is 374 Å². The molecule has 0 saturated carbocycles. The molecule has 5 heterocycles. The quantitative estimate of drug-likeness (QED) is 0.149. The predicted octanol–water partition coefficient (Wildman–Crippen LogP) is 27.2. The van der Waals surface area contributed by atoms with E-state index in [9.17, 15) is 0 Å². The molecule has 3 aromatic heterocycles. The summed E-state index contributed by atoms with van der Waals surface area (Å²) in [6.45, 7) is 0. The third-order valence-corrected chi connectivity index (χ3v) is 21.7. The average molecular weight is 1320 g/mol.